The molecule has 0 spiro atoms. The van der Waals surface area contributed by atoms with Crippen LogP contribution in [-0.4, -0.2) is 5.91 Å². The van der Waals surface area contributed by atoms with E-state index >= 15 is 0 Å². The first-order valence-electron chi connectivity index (χ1n) is 5.27. The van der Waals surface area contributed by atoms with Crippen LogP contribution < -0.4 is 5.32 Å². The molecule has 2 rings (SSSR count). The highest BCUT2D eigenvalue weighted by Gasteiger charge is 2.11. The number of anilines is 1. The highest BCUT2D eigenvalue weighted by molar-refractivity contribution is 6.36. The first-order chi connectivity index (χ1) is 8.16. The number of halogens is 2. The summed E-state index contributed by atoms with van der Waals surface area (Å²) in [6.07, 6.45) is 7.40. The first-order valence-corrected chi connectivity index (χ1v) is 6.03. The van der Waals surface area contributed by atoms with Gasteiger partial charge in [-0.25, -0.2) is 0 Å². The summed E-state index contributed by atoms with van der Waals surface area (Å²) in [5.74, 6) is -0.112. The third-order valence-corrected chi connectivity index (χ3v) is 3.02. The van der Waals surface area contributed by atoms with E-state index in [0.29, 0.717) is 22.2 Å². The summed E-state index contributed by atoms with van der Waals surface area (Å²) in [6, 6.07) is 4.99. The molecule has 0 fully saturated rings. The molecule has 88 valence electrons. The van der Waals surface area contributed by atoms with Crippen molar-refractivity contribution in [2.45, 2.75) is 12.8 Å². The fraction of sp³-hybridized carbons (Fsp3) is 0.154. The van der Waals surface area contributed by atoms with Crippen molar-refractivity contribution in [1.82, 2.24) is 0 Å². The van der Waals surface area contributed by atoms with Crippen molar-refractivity contribution >= 4 is 34.8 Å². The van der Waals surface area contributed by atoms with Gasteiger partial charge in [0.1, 0.15) is 0 Å². The summed E-state index contributed by atoms with van der Waals surface area (Å²) in [7, 11) is 0. The second kappa shape index (κ2) is 5.39. The van der Waals surface area contributed by atoms with Crippen LogP contribution in [0.3, 0.4) is 0 Å². The SMILES string of the molecule is O=C(Nc1ccc(Cl)cc1Cl)C1=CCC=CC1. The number of amides is 1. The van der Waals surface area contributed by atoms with E-state index in [2.05, 4.69) is 5.32 Å². The minimum absolute atomic E-state index is 0.112. The van der Waals surface area contributed by atoms with Crippen LogP contribution in [0, 0.1) is 0 Å². The van der Waals surface area contributed by atoms with Gasteiger partial charge in [-0.3, -0.25) is 4.79 Å². The van der Waals surface area contributed by atoms with Gasteiger partial charge in [0.15, 0.2) is 0 Å². The van der Waals surface area contributed by atoms with Gasteiger partial charge in [-0.1, -0.05) is 41.4 Å². The molecule has 2 nitrogen and oxygen atoms in total. The van der Waals surface area contributed by atoms with E-state index in [1.165, 1.54) is 0 Å². The summed E-state index contributed by atoms with van der Waals surface area (Å²) < 4.78 is 0. The number of benzene rings is 1. The molecule has 1 N–H and O–H groups in total. The van der Waals surface area contributed by atoms with Crippen LogP contribution in [0.15, 0.2) is 42.0 Å². The van der Waals surface area contributed by atoms with E-state index in [4.69, 9.17) is 23.2 Å². The predicted molar refractivity (Wildman–Crippen MR) is 71.5 cm³/mol. The Balaban J connectivity index is 2.10. The average molecular weight is 268 g/mol. The number of carbonyl (C=O) groups is 1. The van der Waals surface area contributed by atoms with Crippen molar-refractivity contribution in [2.75, 3.05) is 5.32 Å². The molecule has 1 aliphatic rings. The van der Waals surface area contributed by atoms with Crippen LogP contribution in [0.2, 0.25) is 10.0 Å². The smallest absolute Gasteiger partial charge is 0.251 e. The monoisotopic (exact) mass is 267 g/mol. The lowest BCUT2D eigenvalue weighted by molar-refractivity contribution is -0.112. The summed E-state index contributed by atoms with van der Waals surface area (Å²) in [6.45, 7) is 0. The average Bonchev–Trinajstić information content (AvgIpc) is 2.34. The highest BCUT2D eigenvalue weighted by Crippen LogP contribution is 2.26. The van der Waals surface area contributed by atoms with Gasteiger partial charge in [0, 0.05) is 10.6 Å². The molecule has 1 aliphatic carbocycles. The number of allylic oxidation sites excluding steroid dienone is 3. The van der Waals surface area contributed by atoms with Gasteiger partial charge in [0.2, 0.25) is 0 Å². The Morgan fingerprint density at radius 2 is 2.06 bits per heavy atom. The Bertz CT molecular complexity index is 506. The molecule has 0 bridgehead atoms. The standard InChI is InChI=1S/C13H11Cl2NO/c14-10-6-7-12(11(15)8-10)16-13(17)9-4-2-1-3-5-9/h1-2,5-8H,3-4H2,(H,16,17). The molecule has 0 saturated heterocycles. The van der Waals surface area contributed by atoms with Crippen molar-refractivity contribution in [3.63, 3.8) is 0 Å². The summed E-state index contributed by atoms with van der Waals surface area (Å²) in [4.78, 5) is 11.9. The maximum Gasteiger partial charge on any atom is 0.251 e. The number of hydrogen-bond acceptors (Lipinski definition) is 1. The molecule has 0 aromatic heterocycles. The van der Waals surface area contributed by atoms with E-state index in [1.54, 1.807) is 18.2 Å². The van der Waals surface area contributed by atoms with Gasteiger partial charge >= 0.3 is 0 Å². The number of carbonyl (C=O) groups excluding carboxylic acids is 1. The lowest BCUT2D eigenvalue weighted by Gasteiger charge is -2.10. The molecule has 17 heavy (non-hydrogen) atoms. The topological polar surface area (TPSA) is 29.1 Å². The van der Waals surface area contributed by atoms with Crippen LogP contribution in [0.5, 0.6) is 0 Å². The Morgan fingerprint density at radius 3 is 2.71 bits per heavy atom. The molecule has 0 radical (unpaired) electrons. The van der Waals surface area contributed by atoms with Crippen molar-refractivity contribution in [1.29, 1.82) is 0 Å². The molecule has 0 unspecified atom stereocenters. The molecular formula is C13H11Cl2NO. The zero-order chi connectivity index (χ0) is 12.3. The predicted octanol–water partition coefficient (Wildman–Crippen LogP) is 4.21. The Morgan fingerprint density at radius 1 is 1.24 bits per heavy atom. The second-order valence-electron chi connectivity index (χ2n) is 3.72. The molecule has 0 aliphatic heterocycles. The molecule has 0 heterocycles. The van der Waals surface area contributed by atoms with E-state index < -0.39 is 0 Å². The Labute approximate surface area is 110 Å². The molecular weight excluding hydrogens is 257 g/mol. The fourth-order valence-electron chi connectivity index (χ4n) is 1.58. The fourth-order valence-corrected chi connectivity index (χ4v) is 2.03. The van der Waals surface area contributed by atoms with Gasteiger partial charge in [0.25, 0.3) is 5.91 Å². The maximum atomic E-state index is 11.9. The first kappa shape index (κ1) is 12.2. The summed E-state index contributed by atoms with van der Waals surface area (Å²) in [5.41, 5.74) is 1.34. The van der Waals surface area contributed by atoms with E-state index in [9.17, 15) is 4.79 Å². The number of rotatable bonds is 2. The minimum Gasteiger partial charge on any atom is -0.321 e. The molecule has 1 aromatic rings. The zero-order valence-corrected chi connectivity index (χ0v) is 10.6. The Hall–Kier alpha value is -1.25. The van der Waals surface area contributed by atoms with Crippen LogP contribution in [-0.2, 0) is 4.79 Å². The van der Waals surface area contributed by atoms with Gasteiger partial charge in [-0.15, -0.1) is 0 Å². The zero-order valence-electron chi connectivity index (χ0n) is 9.04. The van der Waals surface area contributed by atoms with Gasteiger partial charge in [0.05, 0.1) is 10.7 Å². The molecule has 1 aromatic carbocycles. The number of nitrogens with one attached hydrogen (secondary N) is 1. The van der Waals surface area contributed by atoms with Crippen molar-refractivity contribution < 1.29 is 4.79 Å². The highest BCUT2D eigenvalue weighted by atomic mass is 35.5. The third-order valence-electron chi connectivity index (χ3n) is 2.48. The largest absolute Gasteiger partial charge is 0.321 e. The van der Waals surface area contributed by atoms with Crippen LogP contribution >= 0.6 is 23.2 Å². The number of hydrogen-bond donors (Lipinski definition) is 1. The molecule has 0 atom stereocenters. The molecule has 1 amide bonds. The Kier molecular flexibility index (Phi) is 3.87. The molecule has 4 heteroatoms. The minimum atomic E-state index is -0.112. The third kappa shape index (κ3) is 3.11. The van der Waals surface area contributed by atoms with Crippen molar-refractivity contribution in [3.05, 3.63) is 52.0 Å². The van der Waals surface area contributed by atoms with Crippen molar-refractivity contribution in [2.24, 2.45) is 0 Å². The molecule has 0 saturated carbocycles. The van der Waals surface area contributed by atoms with Crippen LogP contribution in [0.25, 0.3) is 0 Å². The van der Waals surface area contributed by atoms with E-state index in [1.807, 2.05) is 18.2 Å². The van der Waals surface area contributed by atoms with E-state index in [-0.39, 0.29) is 5.91 Å². The van der Waals surface area contributed by atoms with Crippen molar-refractivity contribution in [3.8, 4) is 0 Å². The summed E-state index contributed by atoms with van der Waals surface area (Å²) >= 11 is 11.8. The lowest BCUT2D eigenvalue weighted by Crippen LogP contribution is -2.15. The van der Waals surface area contributed by atoms with Crippen LogP contribution in [0.1, 0.15) is 12.8 Å². The normalized spacial score (nSPS) is 14.4. The summed E-state index contributed by atoms with van der Waals surface area (Å²) in [5, 5.41) is 3.77. The maximum absolute atomic E-state index is 11.9. The van der Waals surface area contributed by atoms with Gasteiger partial charge in [-0.05, 0) is 31.0 Å². The lowest BCUT2D eigenvalue weighted by atomic mass is 10.1. The second-order valence-corrected chi connectivity index (χ2v) is 4.56. The van der Waals surface area contributed by atoms with Crippen LogP contribution in [0.4, 0.5) is 5.69 Å². The van der Waals surface area contributed by atoms with Gasteiger partial charge in [-0.2, -0.15) is 0 Å². The van der Waals surface area contributed by atoms with Gasteiger partial charge < -0.3 is 5.32 Å². The van der Waals surface area contributed by atoms with E-state index in [0.717, 1.165) is 12.0 Å². The quantitative estimate of drug-likeness (QED) is 0.800.